The molecule has 0 spiro atoms. The molecule has 2 aliphatic heterocycles. The Kier molecular flexibility index (Phi) is 7.07. The molecule has 0 fully saturated rings. The van der Waals surface area contributed by atoms with Gasteiger partial charge in [-0.25, -0.2) is 0 Å². The first-order valence-corrected chi connectivity index (χ1v) is 24.5. The molecule has 0 atom stereocenters. The summed E-state index contributed by atoms with van der Waals surface area (Å²) in [5, 5.41) is 8.04. The second-order valence-corrected chi connectivity index (χ2v) is 23.5. The Balaban J connectivity index is 1.15. The van der Waals surface area contributed by atoms with Gasteiger partial charge < -0.3 is 9.38 Å². The van der Waals surface area contributed by atoms with Gasteiger partial charge in [0.2, 0.25) is 0 Å². The molecule has 1 aliphatic carbocycles. The molecule has 5 heterocycles. The van der Waals surface area contributed by atoms with Crippen LogP contribution in [0.4, 0.5) is 11.4 Å². The number of hydrogen-bond acceptors (Lipinski definition) is 3. The van der Waals surface area contributed by atoms with E-state index in [4.69, 9.17) is 0 Å². The van der Waals surface area contributed by atoms with Crippen molar-refractivity contribution in [3.63, 3.8) is 0 Å². The maximum absolute atomic E-state index is 2.72. The molecule has 3 aromatic heterocycles. The topological polar surface area (TPSA) is 8.17 Å². The standard InChI is InChI=1S/C59H47BN2S2/c1-57(2,3)32-17-20-34(21-18-32)62-49-31-54-44(42-25-33(58(4,5)6)19-24-52(42)64-54)26-40(49)37-22-23-38-41-27-43-36-14-10-12-16-51(36)63-53(43)30-48(41)61-50-29-46-39(28-47(50)60(62)55(37)56(38)61)35-13-9-11-15-45(35)59(46,7)8/h9-31H,1-8H3. The number of anilines is 2. The zero-order valence-electron chi connectivity index (χ0n) is 37.6. The average Bonchev–Trinajstić information content (AvgIpc) is 3.99. The number of rotatable bonds is 1. The SMILES string of the molecule is CC(C)(C)c1ccc(N2B3c4cc5c(cc4-n4c6cc7sc8ccccc8c7cc6c6ccc(c3c64)-c3cc4c(cc32)sc2ccc(C(C)(C)C)cc24)C(C)(C)c2ccccc2-5)cc1. The van der Waals surface area contributed by atoms with Crippen LogP contribution >= 0.6 is 22.7 Å². The van der Waals surface area contributed by atoms with Crippen molar-refractivity contribution in [2.24, 2.45) is 0 Å². The predicted molar refractivity (Wildman–Crippen MR) is 281 cm³/mol. The largest absolute Gasteiger partial charge is 0.376 e. The van der Waals surface area contributed by atoms with E-state index < -0.39 is 0 Å². The first-order chi connectivity index (χ1) is 30.7. The van der Waals surface area contributed by atoms with Crippen LogP contribution in [0.5, 0.6) is 0 Å². The van der Waals surface area contributed by atoms with Crippen LogP contribution in [0.25, 0.3) is 90.1 Å². The molecule has 0 saturated carbocycles. The third kappa shape index (κ3) is 4.76. The zero-order valence-corrected chi connectivity index (χ0v) is 39.2. The minimum absolute atomic E-state index is 0.0461. The van der Waals surface area contributed by atoms with Crippen molar-refractivity contribution in [3.05, 3.63) is 162 Å². The summed E-state index contributed by atoms with van der Waals surface area (Å²) >= 11 is 3.85. The summed E-state index contributed by atoms with van der Waals surface area (Å²) in [5.74, 6) is 0. The summed E-state index contributed by atoms with van der Waals surface area (Å²) in [5.41, 5.74) is 20.1. The number of benzene rings is 8. The van der Waals surface area contributed by atoms with E-state index in [1.807, 2.05) is 22.7 Å². The molecule has 0 radical (unpaired) electrons. The fourth-order valence-corrected chi connectivity index (χ4v) is 14.2. The Morgan fingerprint density at radius 3 is 1.95 bits per heavy atom. The highest BCUT2D eigenvalue weighted by atomic mass is 32.1. The molecule has 5 heteroatoms. The minimum Gasteiger partial charge on any atom is -0.376 e. The second kappa shape index (κ2) is 12.1. The van der Waals surface area contributed by atoms with Crippen molar-refractivity contribution in [2.45, 2.75) is 71.6 Å². The summed E-state index contributed by atoms with van der Waals surface area (Å²) in [6.07, 6.45) is 0. The van der Waals surface area contributed by atoms with Gasteiger partial charge in [0.1, 0.15) is 0 Å². The van der Waals surface area contributed by atoms with Gasteiger partial charge in [-0.15, -0.1) is 22.7 Å². The molecule has 0 saturated heterocycles. The fraction of sp³-hybridized carbons (Fsp3) is 0.186. The smallest absolute Gasteiger partial charge is 0.333 e. The Hall–Kier alpha value is -6.14. The molecule has 0 unspecified atom stereocenters. The maximum Gasteiger partial charge on any atom is 0.333 e. The molecular formula is C59H47BN2S2. The van der Waals surface area contributed by atoms with Crippen molar-refractivity contribution in [2.75, 3.05) is 4.81 Å². The first-order valence-electron chi connectivity index (χ1n) is 22.9. The van der Waals surface area contributed by atoms with Crippen molar-refractivity contribution < 1.29 is 0 Å². The first kappa shape index (κ1) is 37.3. The van der Waals surface area contributed by atoms with Gasteiger partial charge in [0.05, 0.1) is 11.0 Å². The zero-order chi connectivity index (χ0) is 43.3. The van der Waals surface area contributed by atoms with Crippen LogP contribution in [0, 0.1) is 0 Å². The van der Waals surface area contributed by atoms with Gasteiger partial charge in [0.15, 0.2) is 0 Å². The lowest BCUT2D eigenvalue weighted by Gasteiger charge is -2.42. The van der Waals surface area contributed by atoms with Crippen LogP contribution in [0.2, 0.25) is 0 Å². The third-order valence-electron chi connectivity index (χ3n) is 15.3. The van der Waals surface area contributed by atoms with E-state index in [9.17, 15) is 0 Å². The van der Waals surface area contributed by atoms with Gasteiger partial charge >= 0.3 is 6.85 Å². The normalized spacial score (nSPS) is 14.9. The highest BCUT2D eigenvalue weighted by Gasteiger charge is 2.46. The molecule has 11 aromatic rings. The molecule has 0 bridgehead atoms. The van der Waals surface area contributed by atoms with E-state index in [-0.39, 0.29) is 23.1 Å². The Bertz CT molecular complexity index is 3900. The summed E-state index contributed by atoms with van der Waals surface area (Å²) in [4.78, 5) is 2.72. The molecule has 64 heavy (non-hydrogen) atoms. The molecule has 14 rings (SSSR count). The number of thiophene rings is 2. The van der Waals surface area contributed by atoms with Gasteiger partial charge in [-0.3, -0.25) is 0 Å². The molecule has 2 nitrogen and oxygen atoms in total. The fourth-order valence-electron chi connectivity index (χ4n) is 11.9. The van der Waals surface area contributed by atoms with Crippen molar-refractivity contribution in [3.8, 4) is 27.9 Å². The van der Waals surface area contributed by atoms with Gasteiger partial charge in [-0.1, -0.05) is 134 Å². The highest BCUT2D eigenvalue weighted by molar-refractivity contribution is 7.26. The summed E-state index contributed by atoms with van der Waals surface area (Å²) in [6.45, 7) is 18.7. The van der Waals surface area contributed by atoms with Crippen LogP contribution in [-0.2, 0) is 16.2 Å². The molecule has 0 amide bonds. The summed E-state index contributed by atoms with van der Waals surface area (Å²) < 4.78 is 8.04. The van der Waals surface area contributed by atoms with Gasteiger partial charge in [0, 0.05) is 79.2 Å². The van der Waals surface area contributed by atoms with Crippen LogP contribution < -0.4 is 15.7 Å². The van der Waals surface area contributed by atoms with Crippen LogP contribution in [-0.4, -0.2) is 11.4 Å². The molecular weight excluding hydrogens is 812 g/mol. The van der Waals surface area contributed by atoms with Crippen molar-refractivity contribution >= 4 is 114 Å². The lowest BCUT2D eigenvalue weighted by Crippen LogP contribution is -2.60. The molecule has 0 N–H and O–H groups in total. The van der Waals surface area contributed by atoms with Gasteiger partial charge in [0.25, 0.3) is 0 Å². The van der Waals surface area contributed by atoms with E-state index >= 15 is 0 Å². The van der Waals surface area contributed by atoms with E-state index in [1.165, 1.54) is 135 Å². The lowest BCUT2D eigenvalue weighted by molar-refractivity contribution is 0.590. The quantitative estimate of drug-likeness (QED) is 0.149. The van der Waals surface area contributed by atoms with Gasteiger partial charge in [-0.2, -0.15) is 0 Å². The summed E-state index contributed by atoms with van der Waals surface area (Å²) in [6, 6.07) is 55.0. The molecule has 3 aliphatic rings. The molecule has 308 valence electrons. The minimum atomic E-state index is -0.134. The lowest BCUT2D eigenvalue weighted by atomic mass is 9.43. The van der Waals surface area contributed by atoms with Crippen LogP contribution in [0.1, 0.15) is 77.6 Å². The number of aromatic nitrogens is 1. The third-order valence-corrected chi connectivity index (χ3v) is 17.5. The number of nitrogens with zero attached hydrogens (tertiary/aromatic N) is 2. The second-order valence-electron chi connectivity index (χ2n) is 21.3. The average molecular weight is 859 g/mol. The maximum atomic E-state index is 2.72. The van der Waals surface area contributed by atoms with Crippen LogP contribution in [0.15, 0.2) is 140 Å². The van der Waals surface area contributed by atoms with Crippen molar-refractivity contribution in [1.82, 2.24) is 4.57 Å². The van der Waals surface area contributed by atoms with E-state index in [0.29, 0.717) is 0 Å². The van der Waals surface area contributed by atoms with Crippen LogP contribution in [0.3, 0.4) is 0 Å². The summed E-state index contributed by atoms with van der Waals surface area (Å²) in [7, 11) is 0. The van der Waals surface area contributed by atoms with Crippen molar-refractivity contribution in [1.29, 1.82) is 0 Å². The Morgan fingerprint density at radius 2 is 1.16 bits per heavy atom. The van der Waals surface area contributed by atoms with E-state index in [1.54, 1.807) is 0 Å². The van der Waals surface area contributed by atoms with E-state index in [2.05, 4.69) is 204 Å². The highest BCUT2D eigenvalue weighted by Crippen LogP contribution is 2.53. The Labute approximate surface area is 382 Å². The Morgan fingerprint density at radius 1 is 0.469 bits per heavy atom. The predicted octanol–water partition coefficient (Wildman–Crippen LogP) is 15.7. The number of hydrogen-bond donors (Lipinski definition) is 0. The molecule has 8 aromatic carbocycles. The monoisotopic (exact) mass is 858 g/mol. The van der Waals surface area contributed by atoms with E-state index in [0.717, 1.165) is 0 Å². The van der Waals surface area contributed by atoms with Gasteiger partial charge in [-0.05, 0) is 121 Å². The number of fused-ring (bicyclic) bond motifs is 17.